The Balaban J connectivity index is 3.08. The molecule has 0 aliphatic rings. The number of aromatic nitrogens is 1. The zero-order valence-electron chi connectivity index (χ0n) is 7.17. The minimum atomic E-state index is -0.669. The van der Waals surface area contributed by atoms with Crippen molar-refractivity contribution in [2.45, 2.75) is 6.92 Å². The number of benzene rings is 1. The Bertz CT molecular complexity index is 564. The van der Waals surface area contributed by atoms with Crippen LogP contribution < -0.4 is 5.63 Å². The molecule has 0 saturated heterocycles. The van der Waals surface area contributed by atoms with E-state index in [2.05, 4.69) is 4.98 Å². The summed E-state index contributed by atoms with van der Waals surface area (Å²) in [4.78, 5) is 15.1. The van der Waals surface area contributed by atoms with Crippen LogP contribution in [0.4, 0.5) is 4.39 Å². The summed E-state index contributed by atoms with van der Waals surface area (Å²) in [5, 5.41) is 0.125. The Morgan fingerprint density at radius 1 is 1.50 bits per heavy atom. The van der Waals surface area contributed by atoms with Gasteiger partial charge in [0, 0.05) is 6.92 Å². The molecule has 0 spiro atoms. The van der Waals surface area contributed by atoms with Crippen LogP contribution in [0, 0.1) is 12.7 Å². The third kappa shape index (κ3) is 1.28. The number of hydrogen-bond acceptors (Lipinski definition) is 3. The quantitative estimate of drug-likeness (QED) is 0.674. The summed E-state index contributed by atoms with van der Waals surface area (Å²) in [6, 6.07) is 2.46. The second-order valence-corrected chi connectivity index (χ2v) is 3.18. The third-order valence-electron chi connectivity index (χ3n) is 1.79. The Kier molecular flexibility index (Phi) is 2.00. The summed E-state index contributed by atoms with van der Waals surface area (Å²) >= 11 is 5.72. The second-order valence-electron chi connectivity index (χ2n) is 2.77. The Labute approximate surface area is 83.1 Å². The maximum Gasteiger partial charge on any atom is 0.348 e. The average molecular weight is 214 g/mol. The predicted molar refractivity (Wildman–Crippen MR) is 50.0 cm³/mol. The predicted octanol–water partition coefficient (Wildman–Crippen LogP) is 2.29. The molecule has 0 unspecified atom stereocenters. The number of fused-ring (bicyclic) bond motifs is 1. The van der Waals surface area contributed by atoms with Gasteiger partial charge in [-0.1, -0.05) is 11.6 Å². The van der Waals surface area contributed by atoms with Crippen molar-refractivity contribution < 1.29 is 8.81 Å². The monoisotopic (exact) mass is 213 g/mol. The van der Waals surface area contributed by atoms with Crippen molar-refractivity contribution in [1.29, 1.82) is 0 Å². The molecule has 1 heterocycles. The van der Waals surface area contributed by atoms with Gasteiger partial charge in [-0.2, -0.15) is 0 Å². The van der Waals surface area contributed by atoms with E-state index in [4.69, 9.17) is 16.0 Å². The molecule has 0 N–H and O–H groups in total. The highest BCUT2D eigenvalue weighted by atomic mass is 35.5. The van der Waals surface area contributed by atoms with Crippen molar-refractivity contribution in [3.63, 3.8) is 0 Å². The highest BCUT2D eigenvalue weighted by molar-refractivity contribution is 6.35. The largest absolute Gasteiger partial charge is 0.408 e. The SMILES string of the molecule is Cc1nc2c(F)ccc(Cl)c2c(=O)o1. The lowest BCUT2D eigenvalue weighted by atomic mass is 10.2. The van der Waals surface area contributed by atoms with Crippen molar-refractivity contribution >= 4 is 22.5 Å². The first-order valence-corrected chi connectivity index (χ1v) is 4.23. The highest BCUT2D eigenvalue weighted by Gasteiger charge is 2.11. The number of halogens is 2. The van der Waals surface area contributed by atoms with E-state index in [1.54, 1.807) is 0 Å². The number of hydrogen-bond donors (Lipinski definition) is 0. The standard InChI is InChI=1S/C9H5ClFNO2/c1-4-12-8-6(11)3-2-5(10)7(8)9(13)14-4/h2-3H,1H3. The summed E-state index contributed by atoms with van der Waals surface area (Å²) in [5.41, 5.74) is -0.719. The van der Waals surface area contributed by atoms with Crippen LogP contribution in [0.3, 0.4) is 0 Å². The number of nitrogens with zero attached hydrogens (tertiary/aromatic N) is 1. The van der Waals surface area contributed by atoms with Gasteiger partial charge in [0.15, 0.2) is 5.89 Å². The van der Waals surface area contributed by atoms with E-state index in [0.717, 1.165) is 6.07 Å². The lowest BCUT2D eigenvalue weighted by Gasteiger charge is -1.99. The first-order chi connectivity index (χ1) is 6.59. The lowest BCUT2D eigenvalue weighted by molar-refractivity contribution is 0.465. The van der Waals surface area contributed by atoms with Crippen LogP contribution in [-0.2, 0) is 0 Å². The zero-order chi connectivity index (χ0) is 10.3. The molecule has 0 amide bonds. The van der Waals surface area contributed by atoms with Gasteiger partial charge in [0.05, 0.1) is 5.02 Å². The van der Waals surface area contributed by atoms with Gasteiger partial charge in [0.2, 0.25) is 0 Å². The summed E-state index contributed by atoms with van der Waals surface area (Å²) in [7, 11) is 0. The van der Waals surface area contributed by atoms with E-state index in [1.807, 2.05) is 0 Å². The van der Waals surface area contributed by atoms with E-state index in [-0.39, 0.29) is 21.8 Å². The normalized spacial score (nSPS) is 10.8. The molecule has 0 aliphatic carbocycles. The first-order valence-electron chi connectivity index (χ1n) is 3.85. The van der Waals surface area contributed by atoms with Crippen LogP contribution in [0.15, 0.2) is 21.3 Å². The molecule has 2 aromatic rings. The van der Waals surface area contributed by atoms with Crippen LogP contribution in [0.2, 0.25) is 5.02 Å². The topological polar surface area (TPSA) is 43.1 Å². The van der Waals surface area contributed by atoms with Crippen molar-refractivity contribution in [3.05, 3.63) is 39.3 Å². The average Bonchev–Trinajstić information content (AvgIpc) is 2.10. The molecule has 14 heavy (non-hydrogen) atoms. The van der Waals surface area contributed by atoms with Gasteiger partial charge in [-0.3, -0.25) is 0 Å². The fourth-order valence-electron chi connectivity index (χ4n) is 1.21. The van der Waals surface area contributed by atoms with Crippen LogP contribution in [0.25, 0.3) is 10.9 Å². The van der Waals surface area contributed by atoms with Crippen molar-refractivity contribution in [1.82, 2.24) is 4.98 Å². The molecule has 5 heteroatoms. The Morgan fingerprint density at radius 3 is 2.93 bits per heavy atom. The van der Waals surface area contributed by atoms with E-state index in [1.165, 1.54) is 13.0 Å². The van der Waals surface area contributed by atoms with Gasteiger partial charge >= 0.3 is 5.63 Å². The van der Waals surface area contributed by atoms with Crippen LogP contribution >= 0.6 is 11.6 Å². The first kappa shape index (κ1) is 9.15. The van der Waals surface area contributed by atoms with E-state index >= 15 is 0 Å². The van der Waals surface area contributed by atoms with Gasteiger partial charge in [-0.25, -0.2) is 14.2 Å². The molecule has 1 aromatic heterocycles. The molecular weight excluding hydrogens is 209 g/mol. The van der Waals surface area contributed by atoms with Crippen LogP contribution in [-0.4, -0.2) is 4.98 Å². The molecule has 0 aliphatic heterocycles. The maximum absolute atomic E-state index is 13.2. The van der Waals surface area contributed by atoms with Crippen molar-refractivity contribution in [2.24, 2.45) is 0 Å². The molecule has 0 atom stereocenters. The molecule has 1 aromatic carbocycles. The third-order valence-corrected chi connectivity index (χ3v) is 2.11. The Hall–Kier alpha value is -1.42. The van der Waals surface area contributed by atoms with Gasteiger partial charge in [0.25, 0.3) is 0 Å². The number of aryl methyl sites for hydroxylation is 1. The zero-order valence-corrected chi connectivity index (χ0v) is 7.93. The fourth-order valence-corrected chi connectivity index (χ4v) is 1.44. The van der Waals surface area contributed by atoms with E-state index in [9.17, 15) is 9.18 Å². The molecule has 2 rings (SSSR count). The second kappa shape index (κ2) is 3.06. The highest BCUT2D eigenvalue weighted by Crippen LogP contribution is 2.21. The number of rotatable bonds is 0. The lowest BCUT2D eigenvalue weighted by Crippen LogP contribution is -2.04. The van der Waals surface area contributed by atoms with Crippen LogP contribution in [0.1, 0.15) is 5.89 Å². The molecular formula is C9H5ClFNO2. The summed E-state index contributed by atoms with van der Waals surface area (Å²) in [6.45, 7) is 1.47. The maximum atomic E-state index is 13.2. The molecule has 0 bridgehead atoms. The van der Waals surface area contributed by atoms with Crippen molar-refractivity contribution in [2.75, 3.05) is 0 Å². The summed E-state index contributed by atoms with van der Waals surface area (Å²) in [6.07, 6.45) is 0. The molecule has 0 fully saturated rings. The molecule has 0 saturated carbocycles. The van der Waals surface area contributed by atoms with E-state index in [0.29, 0.717) is 0 Å². The van der Waals surface area contributed by atoms with Gasteiger partial charge in [-0.15, -0.1) is 0 Å². The fraction of sp³-hybridized carbons (Fsp3) is 0.111. The van der Waals surface area contributed by atoms with Gasteiger partial charge < -0.3 is 4.42 Å². The molecule has 0 radical (unpaired) electrons. The molecule has 72 valence electrons. The summed E-state index contributed by atoms with van der Waals surface area (Å²) in [5.74, 6) is -0.468. The minimum Gasteiger partial charge on any atom is -0.408 e. The Morgan fingerprint density at radius 2 is 2.21 bits per heavy atom. The van der Waals surface area contributed by atoms with Gasteiger partial charge in [-0.05, 0) is 12.1 Å². The summed E-state index contributed by atoms with van der Waals surface area (Å²) < 4.78 is 17.9. The van der Waals surface area contributed by atoms with Gasteiger partial charge in [0.1, 0.15) is 16.7 Å². The minimum absolute atomic E-state index is 0.0164. The smallest absolute Gasteiger partial charge is 0.348 e. The molecule has 3 nitrogen and oxygen atoms in total. The van der Waals surface area contributed by atoms with Crippen LogP contribution in [0.5, 0.6) is 0 Å². The van der Waals surface area contributed by atoms with Crippen molar-refractivity contribution in [3.8, 4) is 0 Å². The van der Waals surface area contributed by atoms with E-state index < -0.39 is 11.4 Å².